The SMILES string of the molecule is Nc1ccc(OCCNC(=O)c2cnsn2)cc1. The minimum atomic E-state index is -0.246. The lowest BCUT2D eigenvalue weighted by molar-refractivity contribution is 0.0943. The van der Waals surface area contributed by atoms with Crippen LogP contribution in [0.2, 0.25) is 0 Å². The van der Waals surface area contributed by atoms with E-state index in [1.54, 1.807) is 24.3 Å². The molecule has 0 saturated carbocycles. The lowest BCUT2D eigenvalue weighted by Crippen LogP contribution is -2.28. The van der Waals surface area contributed by atoms with Gasteiger partial charge in [0.1, 0.15) is 12.4 Å². The number of carbonyl (C=O) groups is 1. The van der Waals surface area contributed by atoms with E-state index in [1.165, 1.54) is 6.20 Å². The Balaban J connectivity index is 1.70. The van der Waals surface area contributed by atoms with Crippen LogP contribution in [0.1, 0.15) is 10.5 Å². The predicted molar refractivity (Wildman–Crippen MR) is 68.6 cm³/mol. The second kappa shape index (κ2) is 5.97. The highest BCUT2D eigenvalue weighted by molar-refractivity contribution is 6.99. The van der Waals surface area contributed by atoms with Crippen molar-refractivity contribution in [2.24, 2.45) is 0 Å². The molecule has 2 aromatic rings. The van der Waals surface area contributed by atoms with Crippen molar-refractivity contribution in [3.8, 4) is 5.75 Å². The molecule has 0 fully saturated rings. The maximum atomic E-state index is 11.5. The van der Waals surface area contributed by atoms with Gasteiger partial charge in [-0.1, -0.05) is 0 Å². The third-order valence-electron chi connectivity index (χ3n) is 2.13. The van der Waals surface area contributed by atoms with Crippen molar-refractivity contribution in [2.75, 3.05) is 18.9 Å². The summed E-state index contributed by atoms with van der Waals surface area (Å²) in [4.78, 5) is 11.5. The number of nitrogens with zero attached hydrogens (tertiary/aromatic N) is 2. The first-order valence-corrected chi connectivity index (χ1v) is 6.03. The van der Waals surface area contributed by atoms with E-state index in [0.29, 0.717) is 30.3 Å². The van der Waals surface area contributed by atoms with E-state index in [-0.39, 0.29) is 5.91 Å². The number of ether oxygens (including phenoxy) is 1. The summed E-state index contributed by atoms with van der Waals surface area (Å²) in [5, 5.41) is 2.68. The zero-order valence-corrected chi connectivity index (χ0v) is 10.3. The van der Waals surface area contributed by atoms with Crippen LogP contribution in [-0.2, 0) is 0 Å². The quantitative estimate of drug-likeness (QED) is 0.619. The average molecular weight is 264 g/mol. The zero-order chi connectivity index (χ0) is 12.8. The fourth-order valence-corrected chi connectivity index (χ4v) is 1.66. The largest absolute Gasteiger partial charge is 0.492 e. The summed E-state index contributed by atoms with van der Waals surface area (Å²) in [6, 6.07) is 7.08. The van der Waals surface area contributed by atoms with Crippen molar-refractivity contribution in [1.29, 1.82) is 0 Å². The summed E-state index contributed by atoms with van der Waals surface area (Å²) >= 11 is 1.00. The highest BCUT2D eigenvalue weighted by atomic mass is 32.1. The van der Waals surface area contributed by atoms with Gasteiger partial charge in [-0.25, -0.2) is 0 Å². The molecule has 0 aliphatic rings. The maximum absolute atomic E-state index is 11.5. The Labute approximate surface area is 108 Å². The number of carbonyl (C=O) groups excluding carboxylic acids is 1. The summed E-state index contributed by atoms with van der Waals surface area (Å²) in [5.41, 5.74) is 6.56. The second-order valence-electron chi connectivity index (χ2n) is 3.47. The number of nitrogens with two attached hydrogens (primary N) is 1. The first-order valence-electron chi connectivity index (χ1n) is 5.30. The highest BCUT2D eigenvalue weighted by Gasteiger charge is 2.07. The van der Waals surface area contributed by atoms with E-state index in [0.717, 1.165) is 11.7 Å². The lowest BCUT2D eigenvalue weighted by atomic mass is 10.3. The third-order valence-corrected chi connectivity index (χ3v) is 2.61. The smallest absolute Gasteiger partial charge is 0.272 e. The van der Waals surface area contributed by atoms with Crippen LogP contribution in [-0.4, -0.2) is 27.8 Å². The Kier molecular flexibility index (Phi) is 4.08. The molecule has 3 N–H and O–H groups in total. The van der Waals surface area contributed by atoms with Crippen molar-refractivity contribution >= 4 is 23.3 Å². The summed E-state index contributed by atoms with van der Waals surface area (Å²) in [7, 11) is 0. The summed E-state index contributed by atoms with van der Waals surface area (Å²) in [6.07, 6.45) is 1.43. The molecule has 2 rings (SSSR count). The summed E-state index contributed by atoms with van der Waals surface area (Å²) in [5.74, 6) is 0.471. The zero-order valence-electron chi connectivity index (χ0n) is 9.50. The second-order valence-corrected chi connectivity index (χ2v) is 4.02. The summed E-state index contributed by atoms with van der Waals surface area (Å²) in [6.45, 7) is 0.786. The van der Waals surface area contributed by atoms with E-state index in [1.807, 2.05) is 0 Å². The van der Waals surface area contributed by atoms with E-state index in [2.05, 4.69) is 14.1 Å². The van der Waals surface area contributed by atoms with Gasteiger partial charge in [0.05, 0.1) is 24.5 Å². The number of rotatable bonds is 5. The van der Waals surface area contributed by atoms with Crippen LogP contribution in [0.3, 0.4) is 0 Å². The fraction of sp³-hybridized carbons (Fsp3) is 0.182. The molecule has 1 amide bonds. The molecule has 0 aliphatic heterocycles. The molecule has 0 aliphatic carbocycles. The average Bonchev–Trinajstić information content (AvgIpc) is 2.90. The first kappa shape index (κ1) is 12.3. The number of hydrogen-bond acceptors (Lipinski definition) is 6. The maximum Gasteiger partial charge on any atom is 0.272 e. The minimum absolute atomic E-state index is 0.246. The molecular weight excluding hydrogens is 252 g/mol. The minimum Gasteiger partial charge on any atom is -0.492 e. The number of amides is 1. The normalized spacial score (nSPS) is 10.0. The molecule has 18 heavy (non-hydrogen) atoms. The number of anilines is 1. The van der Waals surface area contributed by atoms with Gasteiger partial charge >= 0.3 is 0 Å². The molecule has 1 heterocycles. The van der Waals surface area contributed by atoms with Crippen molar-refractivity contribution in [3.63, 3.8) is 0 Å². The van der Waals surface area contributed by atoms with Crippen molar-refractivity contribution < 1.29 is 9.53 Å². The van der Waals surface area contributed by atoms with Crippen LogP contribution < -0.4 is 15.8 Å². The van der Waals surface area contributed by atoms with Crippen LogP contribution >= 0.6 is 11.7 Å². The summed E-state index contributed by atoms with van der Waals surface area (Å²) < 4.78 is 13.0. The van der Waals surface area contributed by atoms with Crippen molar-refractivity contribution in [1.82, 2.24) is 14.1 Å². The monoisotopic (exact) mass is 264 g/mol. The molecule has 0 radical (unpaired) electrons. The van der Waals surface area contributed by atoms with Gasteiger partial charge in [0.15, 0.2) is 5.69 Å². The van der Waals surface area contributed by atoms with Gasteiger partial charge in [0, 0.05) is 5.69 Å². The van der Waals surface area contributed by atoms with E-state index in [9.17, 15) is 4.79 Å². The van der Waals surface area contributed by atoms with Gasteiger partial charge in [-0.15, -0.1) is 0 Å². The van der Waals surface area contributed by atoms with E-state index >= 15 is 0 Å². The Morgan fingerprint density at radius 1 is 1.39 bits per heavy atom. The molecule has 0 atom stereocenters. The third kappa shape index (κ3) is 3.42. The first-order chi connectivity index (χ1) is 8.75. The van der Waals surface area contributed by atoms with Gasteiger partial charge in [0.25, 0.3) is 5.91 Å². The number of hydrogen-bond donors (Lipinski definition) is 2. The van der Waals surface area contributed by atoms with Crippen LogP contribution in [0.25, 0.3) is 0 Å². The van der Waals surface area contributed by atoms with Crippen LogP contribution in [0, 0.1) is 0 Å². The highest BCUT2D eigenvalue weighted by Crippen LogP contribution is 2.12. The molecule has 0 unspecified atom stereocenters. The van der Waals surface area contributed by atoms with Crippen LogP contribution in [0.15, 0.2) is 30.5 Å². The lowest BCUT2D eigenvalue weighted by Gasteiger charge is -2.06. The van der Waals surface area contributed by atoms with Gasteiger partial charge < -0.3 is 15.8 Å². The number of nitrogen functional groups attached to an aromatic ring is 1. The van der Waals surface area contributed by atoms with Crippen LogP contribution in [0.5, 0.6) is 5.75 Å². The molecule has 1 aromatic heterocycles. The van der Waals surface area contributed by atoms with Crippen molar-refractivity contribution in [2.45, 2.75) is 0 Å². The Hall–Kier alpha value is -2.15. The number of benzene rings is 1. The molecule has 0 spiro atoms. The molecular formula is C11H12N4O2S. The van der Waals surface area contributed by atoms with E-state index in [4.69, 9.17) is 10.5 Å². The number of nitrogens with one attached hydrogen (secondary N) is 1. The van der Waals surface area contributed by atoms with E-state index < -0.39 is 0 Å². The van der Waals surface area contributed by atoms with Crippen LogP contribution in [0.4, 0.5) is 5.69 Å². The molecule has 1 aromatic carbocycles. The molecule has 0 saturated heterocycles. The standard InChI is InChI=1S/C11H12N4O2S/c12-8-1-3-9(4-2-8)17-6-5-13-11(16)10-7-14-18-15-10/h1-4,7H,5-6,12H2,(H,13,16). The van der Waals surface area contributed by atoms with Gasteiger partial charge in [-0.2, -0.15) is 8.75 Å². The van der Waals surface area contributed by atoms with Crippen molar-refractivity contribution in [3.05, 3.63) is 36.2 Å². The Morgan fingerprint density at radius 3 is 2.83 bits per heavy atom. The Bertz CT molecular complexity index is 498. The molecule has 94 valence electrons. The fourth-order valence-electron chi connectivity index (χ4n) is 1.25. The molecule has 6 nitrogen and oxygen atoms in total. The topological polar surface area (TPSA) is 90.1 Å². The van der Waals surface area contributed by atoms with Gasteiger partial charge in [-0.3, -0.25) is 4.79 Å². The van der Waals surface area contributed by atoms with Gasteiger partial charge in [0.2, 0.25) is 0 Å². The predicted octanol–water partition coefficient (Wildman–Crippen LogP) is 0.929. The van der Waals surface area contributed by atoms with Gasteiger partial charge in [-0.05, 0) is 24.3 Å². The number of aromatic nitrogens is 2. The Morgan fingerprint density at radius 2 is 2.17 bits per heavy atom. The molecule has 7 heteroatoms. The molecule has 0 bridgehead atoms.